The Balaban J connectivity index is 2.36. The van der Waals surface area contributed by atoms with Gasteiger partial charge in [0.1, 0.15) is 5.84 Å². The molecular formula is C18H22N2. The molecule has 1 aliphatic rings. The lowest BCUT2D eigenvalue weighted by molar-refractivity contribution is 0.718. The molecule has 1 aromatic rings. The molecule has 0 unspecified atom stereocenters. The van der Waals surface area contributed by atoms with Crippen LogP contribution in [0, 0.1) is 0 Å². The smallest absolute Gasteiger partial charge is 0.132 e. The van der Waals surface area contributed by atoms with Crippen LogP contribution < -0.4 is 0 Å². The molecule has 104 valence electrons. The fraction of sp³-hybridized carbons (Fsp3) is 0.278. The minimum absolute atomic E-state index is 0.971. The van der Waals surface area contributed by atoms with E-state index in [4.69, 9.17) is 0 Å². The summed E-state index contributed by atoms with van der Waals surface area (Å²) in [5.41, 5.74) is 3.75. The molecule has 0 saturated heterocycles. The standard InChI is InChI=1S/C18H22N2/c1-4-9-17(16-11-6-5-7-12-16)20(3)18-14-15(2)10-8-13-19-18/h5-9,11-14H,4,10H2,1-3H3/b17-9-. The number of amidine groups is 1. The van der Waals surface area contributed by atoms with Crippen LogP contribution >= 0.6 is 0 Å². The summed E-state index contributed by atoms with van der Waals surface area (Å²) in [5, 5.41) is 0. The van der Waals surface area contributed by atoms with Crippen LogP contribution in [0.2, 0.25) is 0 Å². The van der Waals surface area contributed by atoms with Gasteiger partial charge in [-0.15, -0.1) is 0 Å². The highest BCUT2D eigenvalue weighted by molar-refractivity contribution is 5.99. The van der Waals surface area contributed by atoms with E-state index in [0.29, 0.717) is 0 Å². The molecule has 2 nitrogen and oxygen atoms in total. The maximum absolute atomic E-state index is 4.55. The third-order valence-corrected chi connectivity index (χ3v) is 3.30. The number of benzene rings is 1. The van der Waals surface area contributed by atoms with Crippen molar-refractivity contribution in [3.63, 3.8) is 0 Å². The van der Waals surface area contributed by atoms with Crippen molar-refractivity contribution in [1.82, 2.24) is 4.90 Å². The first-order chi connectivity index (χ1) is 9.72. The Labute approximate surface area is 121 Å². The number of allylic oxidation sites excluding steroid dienone is 3. The van der Waals surface area contributed by atoms with Gasteiger partial charge in [-0.2, -0.15) is 0 Å². The number of aliphatic imine (C=N–C) groups is 1. The molecule has 0 N–H and O–H groups in total. The average Bonchev–Trinajstić information content (AvgIpc) is 2.69. The first-order valence-corrected chi connectivity index (χ1v) is 7.11. The van der Waals surface area contributed by atoms with Crippen LogP contribution in [-0.4, -0.2) is 17.8 Å². The molecule has 1 heterocycles. The van der Waals surface area contributed by atoms with Crippen LogP contribution in [-0.2, 0) is 0 Å². The van der Waals surface area contributed by atoms with Crippen LogP contribution in [0.15, 0.2) is 65.3 Å². The molecular weight excluding hydrogens is 244 g/mol. The second kappa shape index (κ2) is 6.90. The van der Waals surface area contributed by atoms with E-state index in [9.17, 15) is 0 Å². The van der Waals surface area contributed by atoms with E-state index in [-0.39, 0.29) is 0 Å². The fourth-order valence-electron chi connectivity index (χ4n) is 2.24. The van der Waals surface area contributed by atoms with E-state index in [1.165, 1.54) is 16.8 Å². The van der Waals surface area contributed by atoms with Crippen molar-refractivity contribution < 1.29 is 0 Å². The van der Waals surface area contributed by atoms with Crippen molar-refractivity contribution in [3.8, 4) is 0 Å². The van der Waals surface area contributed by atoms with Crippen molar-refractivity contribution >= 4 is 11.5 Å². The van der Waals surface area contributed by atoms with Gasteiger partial charge in [-0.25, -0.2) is 4.99 Å². The zero-order valence-corrected chi connectivity index (χ0v) is 12.5. The van der Waals surface area contributed by atoms with Gasteiger partial charge in [0.2, 0.25) is 0 Å². The molecule has 1 aliphatic heterocycles. The van der Waals surface area contributed by atoms with Crippen LogP contribution in [0.4, 0.5) is 0 Å². The predicted molar refractivity (Wildman–Crippen MR) is 87.4 cm³/mol. The Morgan fingerprint density at radius 1 is 1.30 bits per heavy atom. The van der Waals surface area contributed by atoms with Crippen LogP contribution in [0.1, 0.15) is 32.3 Å². The quantitative estimate of drug-likeness (QED) is 0.778. The molecule has 0 spiro atoms. The Morgan fingerprint density at radius 3 is 2.75 bits per heavy atom. The van der Waals surface area contributed by atoms with Gasteiger partial charge < -0.3 is 4.90 Å². The van der Waals surface area contributed by atoms with E-state index in [1.54, 1.807) is 0 Å². The summed E-state index contributed by atoms with van der Waals surface area (Å²) in [6.07, 6.45) is 10.4. The fourth-order valence-corrected chi connectivity index (χ4v) is 2.24. The second-order valence-electron chi connectivity index (χ2n) is 4.99. The minimum atomic E-state index is 0.971. The van der Waals surface area contributed by atoms with E-state index in [0.717, 1.165) is 18.7 Å². The van der Waals surface area contributed by atoms with E-state index >= 15 is 0 Å². The summed E-state index contributed by atoms with van der Waals surface area (Å²) in [5.74, 6) is 0.986. The molecule has 0 saturated carbocycles. The van der Waals surface area contributed by atoms with Crippen molar-refractivity contribution in [2.75, 3.05) is 7.05 Å². The van der Waals surface area contributed by atoms with Gasteiger partial charge in [-0.3, -0.25) is 0 Å². The second-order valence-corrected chi connectivity index (χ2v) is 4.99. The number of nitrogens with zero attached hydrogens (tertiary/aromatic N) is 2. The highest BCUT2D eigenvalue weighted by atomic mass is 15.2. The Hall–Kier alpha value is -2.09. The first-order valence-electron chi connectivity index (χ1n) is 7.11. The summed E-state index contributed by atoms with van der Waals surface area (Å²) in [6, 6.07) is 10.5. The Kier molecular flexibility index (Phi) is 4.94. The van der Waals surface area contributed by atoms with Crippen molar-refractivity contribution in [3.05, 3.63) is 65.9 Å². The number of hydrogen-bond donors (Lipinski definition) is 0. The average molecular weight is 266 g/mol. The number of hydrogen-bond acceptors (Lipinski definition) is 2. The molecule has 0 radical (unpaired) electrons. The molecule has 1 aromatic carbocycles. The molecule has 0 aliphatic carbocycles. The maximum atomic E-state index is 4.55. The van der Waals surface area contributed by atoms with E-state index in [1.807, 2.05) is 12.3 Å². The largest absolute Gasteiger partial charge is 0.329 e. The molecule has 0 fully saturated rings. The van der Waals surface area contributed by atoms with Crippen molar-refractivity contribution in [2.45, 2.75) is 26.7 Å². The maximum Gasteiger partial charge on any atom is 0.132 e. The van der Waals surface area contributed by atoms with Gasteiger partial charge in [0.25, 0.3) is 0 Å². The molecule has 0 bridgehead atoms. The lowest BCUT2D eigenvalue weighted by Crippen LogP contribution is -2.23. The van der Waals surface area contributed by atoms with Crippen LogP contribution in [0.3, 0.4) is 0 Å². The molecule has 0 amide bonds. The van der Waals surface area contributed by atoms with Gasteiger partial charge in [0, 0.05) is 18.9 Å². The van der Waals surface area contributed by atoms with E-state index in [2.05, 4.69) is 73.3 Å². The highest BCUT2D eigenvalue weighted by Gasteiger charge is 2.12. The monoisotopic (exact) mass is 266 g/mol. The van der Waals surface area contributed by atoms with Gasteiger partial charge in [-0.05, 0) is 31.4 Å². The SMILES string of the molecule is CC/C=C(/c1ccccc1)N(C)C1=NC=CCC(C)=C1. The molecule has 2 heteroatoms. The Morgan fingerprint density at radius 2 is 2.05 bits per heavy atom. The molecule has 0 atom stereocenters. The van der Waals surface area contributed by atoms with Gasteiger partial charge in [0.15, 0.2) is 0 Å². The van der Waals surface area contributed by atoms with Crippen LogP contribution in [0.5, 0.6) is 0 Å². The van der Waals surface area contributed by atoms with Gasteiger partial charge >= 0.3 is 0 Å². The lowest BCUT2D eigenvalue weighted by Gasteiger charge is -2.23. The molecule has 0 aromatic heterocycles. The van der Waals surface area contributed by atoms with Gasteiger partial charge in [0.05, 0.1) is 0 Å². The number of likely N-dealkylation sites (N-methyl/N-ethyl adjacent to an activating group) is 1. The molecule has 2 rings (SSSR count). The summed E-state index contributed by atoms with van der Waals surface area (Å²) >= 11 is 0. The Bertz CT molecular complexity index is 562. The summed E-state index contributed by atoms with van der Waals surface area (Å²) in [7, 11) is 2.08. The minimum Gasteiger partial charge on any atom is -0.329 e. The zero-order chi connectivity index (χ0) is 14.4. The summed E-state index contributed by atoms with van der Waals surface area (Å²) in [6.45, 7) is 4.30. The van der Waals surface area contributed by atoms with Crippen molar-refractivity contribution in [1.29, 1.82) is 0 Å². The molecule has 20 heavy (non-hydrogen) atoms. The third-order valence-electron chi connectivity index (χ3n) is 3.30. The first kappa shape index (κ1) is 14.3. The third kappa shape index (κ3) is 3.47. The van der Waals surface area contributed by atoms with Crippen molar-refractivity contribution in [2.24, 2.45) is 4.99 Å². The zero-order valence-electron chi connectivity index (χ0n) is 12.5. The van der Waals surface area contributed by atoms with E-state index < -0.39 is 0 Å². The summed E-state index contributed by atoms with van der Waals surface area (Å²) < 4.78 is 0. The van der Waals surface area contributed by atoms with Gasteiger partial charge in [-0.1, -0.05) is 55.0 Å². The highest BCUT2D eigenvalue weighted by Crippen LogP contribution is 2.21. The normalized spacial score (nSPS) is 15.4. The summed E-state index contributed by atoms with van der Waals surface area (Å²) in [4.78, 5) is 6.71. The predicted octanol–water partition coefficient (Wildman–Crippen LogP) is 4.63. The lowest BCUT2D eigenvalue weighted by atomic mass is 10.1. The topological polar surface area (TPSA) is 15.6 Å². The van der Waals surface area contributed by atoms with Crippen LogP contribution in [0.25, 0.3) is 5.70 Å². The number of rotatable bonds is 3.